The van der Waals surface area contributed by atoms with Crippen molar-refractivity contribution in [3.8, 4) is 5.75 Å². The van der Waals surface area contributed by atoms with Gasteiger partial charge in [0.05, 0.1) is 18.6 Å². The third-order valence-electron chi connectivity index (χ3n) is 2.56. The van der Waals surface area contributed by atoms with Crippen LogP contribution in [0.4, 0.5) is 5.69 Å². The maximum absolute atomic E-state index is 9.68. The van der Waals surface area contributed by atoms with E-state index >= 15 is 0 Å². The van der Waals surface area contributed by atoms with Gasteiger partial charge in [0, 0.05) is 23.9 Å². The molecule has 0 amide bonds. The van der Waals surface area contributed by atoms with Gasteiger partial charge in [0.1, 0.15) is 5.75 Å². The van der Waals surface area contributed by atoms with E-state index in [9.17, 15) is 5.11 Å². The van der Waals surface area contributed by atoms with E-state index in [0.29, 0.717) is 11.1 Å². The molecular weight excluding hydrogens is 226 g/mol. The average Bonchev–Trinajstić information content (AvgIpc) is 2.28. The van der Waals surface area contributed by atoms with Crippen LogP contribution in [0.5, 0.6) is 5.75 Å². The summed E-state index contributed by atoms with van der Waals surface area (Å²) in [4.78, 5) is 1.88. The van der Waals surface area contributed by atoms with Gasteiger partial charge in [-0.2, -0.15) is 12.6 Å². The molecule has 16 heavy (non-hydrogen) atoms. The van der Waals surface area contributed by atoms with Gasteiger partial charge in [-0.25, -0.2) is 0 Å². The van der Waals surface area contributed by atoms with E-state index in [2.05, 4.69) is 12.6 Å². The number of anilines is 1. The first-order valence-corrected chi connectivity index (χ1v) is 5.50. The summed E-state index contributed by atoms with van der Waals surface area (Å²) in [6, 6.07) is 3.36. The largest absolute Gasteiger partial charge is 0.507 e. The maximum Gasteiger partial charge on any atom is 0.126 e. The Labute approximate surface area is 101 Å². The van der Waals surface area contributed by atoms with Crippen molar-refractivity contribution >= 4 is 18.3 Å². The van der Waals surface area contributed by atoms with E-state index in [1.165, 1.54) is 0 Å². The summed E-state index contributed by atoms with van der Waals surface area (Å²) >= 11 is 4.30. The zero-order valence-electron chi connectivity index (χ0n) is 9.38. The molecule has 1 atom stereocenters. The summed E-state index contributed by atoms with van der Waals surface area (Å²) in [5, 5.41) is 27.9. The molecular formula is C11H17NO3S. The van der Waals surface area contributed by atoms with E-state index in [1.807, 2.05) is 18.9 Å². The van der Waals surface area contributed by atoms with Crippen molar-refractivity contribution in [3.63, 3.8) is 0 Å². The number of hydrogen-bond donors (Lipinski definition) is 4. The Bertz CT molecular complexity index is 343. The minimum absolute atomic E-state index is 0.00243. The van der Waals surface area contributed by atoms with Crippen LogP contribution in [0.15, 0.2) is 12.1 Å². The first kappa shape index (κ1) is 13.2. The second-order valence-electron chi connectivity index (χ2n) is 3.67. The van der Waals surface area contributed by atoms with E-state index in [0.717, 1.165) is 5.69 Å². The minimum atomic E-state index is -0.262. The molecule has 1 aromatic rings. The highest BCUT2D eigenvalue weighted by Gasteiger charge is 2.12. The van der Waals surface area contributed by atoms with Crippen LogP contribution >= 0.6 is 12.6 Å². The second kappa shape index (κ2) is 5.43. The molecule has 0 aromatic heterocycles. The SMILES string of the molecule is CC(S)N(C)c1cc(CO)c(O)c(CO)c1. The Morgan fingerprint density at radius 2 is 1.69 bits per heavy atom. The van der Waals surface area contributed by atoms with Crippen molar-refractivity contribution in [1.82, 2.24) is 0 Å². The molecule has 1 rings (SSSR count). The number of hydrogen-bond acceptors (Lipinski definition) is 5. The Morgan fingerprint density at radius 1 is 1.25 bits per heavy atom. The normalized spacial score (nSPS) is 12.6. The number of thiol groups is 1. The van der Waals surface area contributed by atoms with Gasteiger partial charge >= 0.3 is 0 Å². The van der Waals surface area contributed by atoms with Crippen molar-refractivity contribution in [2.45, 2.75) is 25.5 Å². The molecule has 0 saturated heterocycles. The van der Waals surface area contributed by atoms with Crippen molar-refractivity contribution in [2.24, 2.45) is 0 Å². The molecule has 0 aliphatic heterocycles. The third-order valence-corrected chi connectivity index (χ3v) is 2.91. The van der Waals surface area contributed by atoms with Crippen LogP contribution in [-0.4, -0.2) is 27.7 Å². The summed E-state index contributed by atoms with van der Waals surface area (Å²) in [6.07, 6.45) is 0. The maximum atomic E-state index is 9.68. The predicted octanol–water partition coefficient (Wildman–Crippen LogP) is 1.09. The summed E-state index contributed by atoms with van der Waals surface area (Å²) in [5.41, 5.74) is 1.61. The van der Waals surface area contributed by atoms with Gasteiger partial charge in [-0.05, 0) is 19.1 Å². The third kappa shape index (κ3) is 2.61. The van der Waals surface area contributed by atoms with Gasteiger partial charge in [0.15, 0.2) is 0 Å². The molecule has 0 spiro atoms. The van der Waals surface area contributed by atoms with Crippen LogP contribution < -0.4 is 4.90 Å². The predicted molar refractivity (Wildman–Crippen MR) is 66.8 cm³/mol. The Kier molecular flexibility index (Phi) is 4.46. The Hall–Kier alpha value is -0.910. The van der Waals surface area contributed by atoms with E-state index < -0.39 is 0 Å². The van der Waals surface area contributed by atoms with Gasteiger partial charge in [-0.1, -0.05) is 0 Å². The molecule has 0 bridgehead atoms. The molecule has 5 heteroatoms. The smallest absolute Gasteiger partial charge is 0.126 e. The summed E-state index contributed by atoms with van der Waals surface area (Å²) in [7, 11) is 1.85. The van der Waals surface area contributed by atoms with Crippen molar-refractivity contribution in [1.29, 1.82) is 0 Å². The van der Waals surface area contributed by atoms with Crippen LogP contribution in [0, 0.1) is 0 Å². The average molecular weight is 243 g/mol. The lowest BCUT2D eigenvalue weighted by molar-refractivity contribution is 0.264. The number of benzene rings is 1. The van der Waals surface area contributed by atoms with Gasteiger partial charge in [-0.3, -0.25) is 0 Å². The van der Waals surface area contributed by atoms with Crippen LogP contribution in [0.25, 0.3) is 0 Å². The molecule has 1 aromatic carbocycles. The highest BCUT2D eigenvalue weighted by atomic mass is 32.1. The molecule has 0 saturated carbocycles. The number of phenols is 1. The number of aromatic hydroxyl groups is 1. The standard InChI is InChI=1S/C11H17NO3S/c1-7(16)12(2)10-3-8(5-13)11(15)9(4-10)6-14/h3-4,7,13-16H,5-6H2,1-2H3. The quantitative estimate of drug-likeness (QED) is 0.472. The highest BCUT2D eigenvalue weighted by Crippen LogP contribution is 2.29. The summed E-state index contributed by atoms with van der Waals surface area (Å²) < 4.78 is 0. The fourth-order valence-electron chi connectivity index (χ4n) is 1.40. The molecule has 0 aliphatic rings. The Morgan fingerprint density at radius 3 is 2.00 bits per heavy atom. The lowest BCUT2D eigenvalue weighted by Gasteiger charge is -2.24. The topological polar surface area (TPSA) is 63.9 Å². The van der Waals surface area contributed by atoms with Crippen LogP contribution in [0.3, 0.4) is 0 Å². The molecule has 4 nitrogen and oxygen atoms in total. The van der Waals surface area contributed by atoms with Gasteiger partial charge in [0.25, 0.3) is 0 Å². The molecule has 90 valence electrons. The highest BCUT2D eigenvalue weighted by molar-refractivity contribution is 7.81. The van der Waals surface area contributed by atoms with Crippen molar-refractivity contribution < 1.29 is 15.3 Å². The molecule has 0 radical (unpaired) electrons. The number of aliphatic hydroxyl groups excluding tert-OH is 2. The lowest BCUT2D eigenvalue weighted by atomic mass is 10.1. The fraction of sp³-hybridized carbons (Fsp3) is 0.455. The zero-order valence-corrected chi connectivity index (χ0v) is 10.3. The van der Waals surface area contributed by atoms with Crippen molar-refractivity contribution in [2.75, 3.05) is 11.9 Å². The first-order chi connectivity index (χ1) is 7.51. The number of nitrogens with zero attached hydrogens (tertiary/aromatic N) is 1. The molecule has 3 N–H and O–H groups in total. The zero-order chi connectivity index (χ0) is 12.3. The van der Waals surface area contributed by atoms with Gasteiger partial charge in [0.2, 0.25) is 0 Å². The fourth-order valence-corrected chi connectivity index (χ4v) is 1.54. The monoisotopic (exact) mass is 243 g/mol. The summed E-state index contributed by atoms with van der Waals surface area (Å²) in [5.74, 6) is -0.0473. The second-order valence-corrected chi connectivity index (χ2v) is 4.42. The summed E-state index contributed by atoms with van der Waals surface area (Å²) in [6.45, 7) is 1.39. The van der Waals surface area contributed by atoms with Crippen LogP contribution in [0.1, 0.15) is 18.1 Å². The molecule has 1 unspecified atom stereocenters. The van der Waals surface area contributed by atoms with E-state index in [-0.39, 0.29) is 24.3 Å². The first-order valence-electron chi connectivity index (χ1n) is 4.98. The van der Waals surface area contributed by atoms with E-state index in [1.54, 1.807) is 12.1 Å². The van der Waals surface area contributed by atoms with Gasteiger partial charge in [-0.15, -0.1) is 0 Å². The minimum Gasteiger partial charge on any atom is -0.507 e. The van der Waals surface area contributed by atoms with Gasteiger partial charge < -0.3 is 20.2 Å². The van der Waals surface area contributed by atoms with Crippen LogP contribution in [-0.2, 0) is 13.2 Å². The number of rotatable bonds is 4. The van der Waals surface area contributed by atoms with Crippen LogP contribution in [0.2, 0.25) is 0 Å². The lowest BCUT2D eigenvalue weighted by Crippen LogP contribution is -2.24. The molecule has 0 fully saturated rings. The van der Waals surface area contributed by atoms with E-state index in [4.69, 9.17) is 10.2 Å². The number of aliphatic hydroxyl groups is 2. The molecule has 0 heterocycles. The Balaban J connectivity index is 3.21. The van der Waals surface area contributed by atoms with Crippen molar-refractivity contribution in [3.05, 3.63) is 23.3 Å². The molecule has 0 aliphatic carbocycles.